The minimum absolute atomic E-state index is 0.0388. The lowest BCUT2D eigenvalue weighted by Gasteiger charge is -2.36. The zero-order valence-corrected chi connectivity index (χ0v) is 33.6. The number of fused-ring (bicyclic) bond motifs is 5. The Kier molecular flexibility index (Phi) is 10.8. The van der Waals surface area contributed by atoms with E-state index in [1.54, 1.807) is 20.8 Å². The van der Waals surface area contributed by atoms with Crippen LogP contribution in [0.2, 0.25) is 0 Å². The SMILES string of the molecule is CC[C@@H]1C[C@@]12CC(=O)[C@@H]1CC(CN1C(=O)[C@@H](NC(=O)OC(C)(C)C)C(C)(C)C)Oc1nc3ccccc3n1CCC/C=C\CCC1(CC1)S(=O)(=O)NC2=O. The predicted molar refractivity (Wildman–Crippen MR) is 204 cm³/mol. The number of hydrogen-bond donors (Lipinski definition) is 2. The lowest BCUT2D eigenvalue weighted by Crippen LogP contribution is -2.57. The van der Waals surface area contributed by atoms with Crippen molar-refractivity contribution in [2.24, 2.45) is 16.7 Å². The Labute approximate surface area is 319 Å². The van der Waals surface area contributed by atoms with Gasteiger partial charge in [0, 0.05) is 19.4 Å². The molecule has 2 N–H and O–H groups in total. The van der Waals surface area contributed by atoms with Crippen LogP contribution in [0.5, 0.6) is 6.01 Å². The Morgan fingerprint density at radius 1 is 1.07 bits per heavy atom. The normalized spacial score (nSPS) is 28.4. The summed E-state index contributed by atoms with van der Waals surface area (Å²) in [7, 11) is -3.99. The standard InChI is InChI=1S/C40H57N5O8S/c1-8-26-23-40(26)24-31(46)30-22-27(25-45(30)33(47)32(37(2,3)4)42-36(49)53-38(5,6)7)52-35-41-28-16-12-13-17-29(28)44(35)21-15-11-9-10-14-18-39(19-20-39)54(50,51)43-34(40)48/h9-10,12-13,16-17,26-27,30,32H,8,11,14-15,18-25H2,1-7H3,(H,42,49)(H,43,48)/b10-9-/t26-,27?,30+,32-,40-/m1/s1. The van der Waals surface area contributed by atoms with Gasteiger partial charge in [0.25, 0.3) is 6.01 Å². The number of nitrogens with one attached hydrogen (secondary N) is 2. The summed E-state index contributed by atoms with van der Waals surface area (Å²) in [5.41, 5.74) is -1.11. The van der Waals surface area contributed by atoms with Crippen LogP contribution < -0.4 is 14.8 Å². The first-order chi connectivity index (χ1) is 25.3. The molecule has 13 nitrogen and oxygen atoms in total. The van der Waals surface area contributed by atoms with Crippen LogP contribution in [0.25, 0.3) is 11.0 Å². The Morgan fingerprint density at radius 3 is 2.43 bits per heavy atom. The van der Waals surface area contributed by atoms with Gasteiger partial charge < -0.3 is 19.7 Å². The highest BCUT2D eigenvalue weighted by atomic mass is 32.2. The third-order valence-electron chi connectivity index (χ3n) is 11.5. The molecule has 3 fully saturated rings. The van der Waals surface area contributed by atoms with E-state index in [0.717, 1.165) is 23.9 Å². The number of alkyl carbamates (subject to hydrolysis) is 1. The number of Topliss-reactive ketones (excluding diaryl/α,β-unsaturated/α-hetero) is 1. The van der Waals surface area contributed by atoms with Crippen molar-refractivity contribution in [3.05, 3.63) is 36.4 Å². The summed E-state index contributed by atoms with van der Waals surface area (Å²) >= 11 is 0. The summed E-state index contributed by atoms with van der Waals surface area (Å²) in [5, 5.41) is 2.76. The largest absolute Gasteiger partial charge is 0.459 e. The molecule has 1 unspecified atom stereocenters. The van der Waals surface area contributed by atoms with Gasteiger partial charge in [-0.1, -0.05) is 58.4 Å². The molecular weight excluding hydrogens is 711 g/mol. The number of imidazole rings is 1. The number of carbonyl (C=O) groups is 4. The van der Waals surface area contributed by atoms with Crippen LogP contribution >= 0.6 is 0 Å². The summed E-state index contributed by atoms with van der Waals surface area (Å²) in [4.78, 5) is 62.5. The maximum atomic E-state index is 14.6. The van der Waals surface area contributed by atoms with Crippen LogP contribution in [-0.4, -0.2) is 81.6 Å². The molecule has 2 bridgehead atoms. The molecule has 2 spiro atoms. The van der Waals surface area contributed by atoms with E-state index in [-0.39, 0.29) is 31.1 Å². The third kappa shape index (κ3) is 8.18. The molecule has 3 amide bonds. The summed E-state index contributed by atoms with van der Waals surface area (Å²) in [6, 6.07) is 6.09. The number of sulfonamides is 1. The first kappa shape index (κ1) is 39.7. The maximum absolute atomic E-state index is 14.6. The van der Waals surface area contributed by atoms with Crippen LogP contribution in [0.4, 0.5) is 4.79 Å². The maximum Gasteiger partial charge on any atom is 0.408 e. The van der Waals surface area contributed by atoms with Gasteiger partial charge in [0.15, 0.2) is 5.78 Å². The molecular formula is C40H57N5O8S. The molecule has 2 aromatic rings. The number of amides is 3. The van der Waals surface area contributed by atoms with E-state index in [1.807, 2.05) is 62.6 Å². The average molecular weight is 768 g/mol. The number of hydrogen-bond acceptors (Lipinski definition) is 9. The molecule has 54 heavy (non-hydrogen) atoms. The van der Waals surface area contributed by atoms with Gasteiger partial charge >= 0.3 is 6.09 Å². The van der Waals surface area contributed by atoms with Gasteiger partial charge in [-0.3, -0.25) is 23.7 Å². The van der Waals surface area contributed by atoms with E-state index >= 15 is 0 Å². The lowest BCUT2D eigenvalue weighted by molar-refractivity contribution is -0.142. The van der Waals surface area contributed by atoms with Gasteiger partial charge in [0.1, 0.15) is 17.7 Å². The molecule has 296 valence electrons. The number of benzene rings is 1. The molecule has 3 heterocycles. The highest BCUT2D eigenvalue weighted by Crippen LogP contribution is 2.58. The van der Waals surface area contributed by atoms with E-state index < -0.39 is 67.3 Å². The van der Waals surface area contributed by atoms with Crippen LogP contribution in [0.3, 0.4) is 0 Å². The number of ketones is 1. The van der Waals surface area contributed by atoms with Gasteiger partial charge in [-0.15, -0.1) is 0 Å². The van der Waals surface area contributed by atoms with E-state index in [9.17, 15) is 27.6 Å². The van der Waals surface area contributed by atoms with E-state index in [0.29, 0.717) is 51.1 Å². The second-order valence-corrected chi connectivity index (χ2v) is 19.9. The third-order valence-corrected chi connectivity index (χ3v) is 13.7. The van der Waals surface area contributed by atoms with Gasteiger partial charge in [-0.25, -0.2) is 13.2 Å². The van der Waals surface area contributed by atoms with Crippen molar-refractivity contribution in [1.82, 2.24) is 24.5 Å². The molecule has 0 radical (unpaired) electrons. The smallest absolute Gasteiger partial charge is 0.408 e. The molecule has 1 aromatic carbocycles. The number of allylic oxidation sites excluding steroid dienone is 2. The van der Waals surface area contributed by atoms with E-state index in [2.05, 4.69) is 16.1 Å². The Hall–Kier alpha value is -3.94. The number of para-hydroxylation sites is 2. The number of aromatic nitrogens is 2. The van der Waals surface area contributed by atoms with Gasteiger partial charge in [0.2, 0.25) is 21.8 Å². The second kappa shape index (κ2) is 14.6. The molecule has 5 atom stereocenters. The van der Waals surface area contributed by atoms with Crippen molar-refractivity contribution in [2.45, 2.75) is 148 Å². The number of ether oxygens (including phenoxy) is 2. The zero-order valence-electron chi connectivity index (χ0n) is 32.8. The quantitative estimate of drug-likeness (QED) is 0.367. The average Bonchev–Trinajstić information content (AvgIpc) is 3.94. The predicted octanol–water partition coefficient (Wildman–Crippen LogP) is 5.81. The van der Waals surface area contributed by atoms with Crippen LogP contribution in [0.1, 0.15) is 113 Å². The summed E-state index contributed by atoms with van der Waals surface area (Å²) < 4.78 is 43.0. The molecule has 2 aliphatic carbocycles. The first-order valence-corrected chi connectivity index (χ1v) is 20.9. The number of carbonyl (C=O) groups excluding carboxylic acids is 4. The molecule has 1 aromatic heterocycles. The van der Waals surface area contributed by atoms with E-state index in [1.165, 1.54) is 4.90 Å². The van der Waals surface area contributed by atoms with Crippen LogP contribution in [-0.2, 0) is 35.7 Å². The summed E-state index contributed by atoms with van der Waals surface area (Å²) in [6.45, 7) is 13.2. The molecule has 4 aliphatic rings. The van der Waals surface area contributed by atoms with Gasteiger partial charge in [-0.2, -0.15) is 4.98 Å². The van der Waals surface area contributed by atoms with Gasteiger partial charge in [-0.05, 0) is 89.2 Å². The highest BCUT2D eigenvalue weighted by Gasteiger charge is 2.63. The number of nitrogens with zero attached hydrogens (tertiary/aromatic N) is 3. The van der Waals surface area contributed by atoms with Crippen LogP contribution in [0, 0.1) is 16.7 Å². The van der Waals surface area contributed by atoms with Crippen molar-refractivity contribution in [2.75, 3.05) is 6.54 Å². The second-order valence-electron chi connectivity index (χ2n) is 17.8. The minimum Gasteiger partial charge on any atom is -0.459 e. The Morgan fingerprint density at radius 2 is 1.78 bits per heavy atom. The number of rotatable bonds is 3. The fourth-order valence-corrected chi connectivity index (χ4v) is 9.86. The fraction of sp³-hybridized carbons (Fsp3) is 0.675. The van der Waals surface area contributed by atoms with Crippen LogP contribution in [0.15, 0.2) is 36.4 Å². The first-order valence-electron chi connectivity index (χ1n) is 19.5. The zero-order chi connectivity index (χ0) is 39.3. The van der Waals surface area contributed by atoms with Gasteiger partial charge in [0.05, 0.1) is 33.8 Å². The number of aryl methyl sites for hydroxylation is 1. The summed E-state index contributed by atoms with van der Waals surface area (Å²) in [5.74, 6) is -1.65. The molecule has 1 saturated heterocycles. The molecule has 14 heteroatoms. The van der Waals surface area contributed by atoms with Crippen molar-refractivity contribution >= 4 is 44.7 Å². The molecule has 2 saturated carbocycles. The Balaban J connectivity index is 1.36. The van der Waals surface area contributed by atoms with Crippen molar-refractivity contribution < 1.29 is 37.1 Å². The lowest BCUT2D eigenvalue weighted by atomic mass is 9.85. The highest BCUT2D eigenvalue weighted by molar-refractivity contribution is 7.91. The fourth-order valence-electron chi connectivity index (χ4n) is 8.17. The molecule has 6 rings (SSSR count). The van der Waals surface area contributed by atoms with Crippen molar-refractivity contribution in [1.29, 1.82) is 0 Å². The van der Waals surface area contributed by atoms with E-state index in [4.69, 9.17) is 14.5 Å². The van der Waals surface area contributed by atoms with Crippen molar-refractivity contribution in [3.63, 3.8) is 0 Å². The molecule has 2 aliphatic heterocycles. The monoisotopic (exact) mass is 767 g/mol. The van der Waals surface area contributed by atoms with Crippen molar-refractivity contribution in [3.8, 4) is 6.01 Å². The minimum atomic E-state index is -3.99. The number of likely N-dealkylation sites (tertiary alicyclic amines) is 1. The summed E-state index contributed by atoms with van der Waals surface area (Å²) in [6.07, 6.45) is 7.05. The topological polar surface area (TPSA) is 166 Å². The Bertz CT molecular complexity index is 1920.